The molecule has 1 atom stereocenters. The predicted molar refractivity (Wildman–Crippen MR) is 55.5 cm³/mol. The largest absolute Gasteiger partial charge is 0.322 e. The molecule has 0 aliphatic carbocycles. The minimum absolute atomic E-state index is 0.163. The van der Waals surface area contributed by atoms with E-state index in [-0.39, 0.29) is 5.56 Å². The van der Waals surface area contributed by atoms with Crippen LogP contribution in [0.1, 0.15) is 11.6 Å². The highest BCUT2D eigenvalue weighted by atomic mass is 19.1. The standard InChI is InChI=1S/C11H11F2N3/c12-8-2-3-10(13)9(6-8)11(14)7-16-5-1-4-15-16/h1-6,11H,7,14H2. The highest BCUT2D eigenvalue weighted by molar-refractivity contribution is 5.21. The van der Waals surface area contributed by atoms with Crippen molar-refractivity contribution in [1.82, 2.24) is 9.78 Å². The van der Waals surface area contributed by atoms with Gasteiger partial charge in [-0.2, -0.15) is 5.10 Å². The third-order valence-electron chi connectivity index (χ3n) is 2.30. The van der Waals surface area contributed by atoms with Crippen LogP contribution < -0.4 is 5.73 Å². The van der Waals surface area contributed by atoms with E-state index in [1.165, 1.54) is 0 Å². The summed E-state index contributed by atoms with van der Waals surface area (Å²) in [5.41, 5.74) is 5.95. The van der Waals surface area contributed by atoms with E-state index in [1.54, 1.807) is 23.1 Å². The van der Waals surface area contributed by atoms with E-state index in [0.29, 0.717) is 6.54 Å². The summed E-state index contributed by atoms with van der Waals surface area (Å²) in [5.74, 6) is -0.992. The molecule has 0 fully saturated rings. The Morgan fingerprint density at radius 1 is 1.38 bits per heavy atom. The molecule has 0 radical (unpaired) electrons. The van der Waals surface area contributed by atoms with Gasteiger partial charge < -0.3 is 5.73 Å². The molecule has 0 saturated heterocycles. The van der Waals surface area contributed by atoms with Crippen molar-refractivity contribution in [2.24, 2.45) is 5.73 Å². The number of hydrogen-bond donors (Lipinski definition) is 1. The maximum absolute atomic E-state index is 13.4. The minimum Gasteiger partial charge on any atom is -0.322 e. The molecule has 0 amide bonds. The molecule has 2 rings (SSSR count). The zero-order valence-corrected chi connectivity index (χ0v) is 8.48. The van der Waals surface area contributed by atoms with Crippen molar-refractivity contribution in [3.8, 4) is 0 Å². The van der Waals surface area contributed by atoms with Gasteiger partial charge in [0.15, 0.2) is 0 Å². The molecule has 0 bridgehead atoms. The second-order valence-corrected chi connectivity index (χ2v) is 3.50. The summed E-state index contributed by atoms with van der Waals surface area (Å²) >= 11 is 0. The molecule has 1 unspecified atom stereocenters. The normalized spacial score (nSPS) is 12.7. The molecule has 0 spiro atoms. The molecule has 5 heteroatoms. The van der Waals surface area contributed by atoms with Crippen molar-refractivity contribution in [3.63, 3.8) is 0 Å². The summed E-state index contributed by atoms with van der Waals surface area (Å²) in [4.78, 5) is 0. The van der Waals surface area contributed by atoms with Crippen LogP contribution in [-0.2, 0) is 6.54 Å². The Morgan fingerprint density at radius 3 is 2.88 bits per heavy atom. The van der Waals surface area contributed by atoms with E-state index in [2.05, 4.69) is 5.10 Å². The summed E-state index contributed by atoms with van der Waals surface area (Å²) in [7, 11) is 0. The first-order valence-electron chi connectivity index (χ1n) is 4.85. The first-order valence-corrected chi connectivity index (χ1v) is 4.85. The van der Waals surface area contributed by atoms with Gasteiger partial charge in [-0.1, -0.05) is 0 Å². The maximum atomic E-state index is 13.4. The highest BCUT2D eigenvalue weighted by Crippen LogP contribution is 2.17. The molecule has 1 aromatic carbocycles. The highest BCUT2D eigenvalue weighted by Gasteiger charge is 2.13. The average Bonchev–Trinajstić information content (AvgIpc) is 2.74. The van der Waals surface area contributed by atoms with Crippen LogP contribution in [0, 0.1) is 11.6 Å². The number of benzene rings is 1. The van der Waals surface area contributed by atoms with E-state index in [4.69, 9.17) is 5.73 Å². The lowest BCUT2D eigenvalue weighted by Gasteiger charge is -2.13. The van der Waals surface area contributed by atoms with Crippen molar-refractivity contribution >= 4 is 0 Å². The smallest absolute Gasteiger partial charge is 0.128 e. The topological polar surface area (TPSA) is 43.8 Å². The second-order valence-electron chi connectivity index (χ2n) is 3.50. The summed E-state index contributed by atoms with van der Waals surface area (Å²) < 4.78 is 27.9. The van der Waals surface area contributed by atoms with Crippen LogP contribution in [0.2, 0.25) is 0 Å². The van der Waals surface area contributed by atoms with Crippen LogP contribution >= 0.6 is 0 Å². The van der Waals surface area contributed by atoms with Gasteiger partial charge >= 0.3 is 0 Å². The first-order chi connectivity index (χ1) is 7.66. The molecule has 0 aliphatic heterocycles. The molecule has 1 aromatic heterocycles. The fourth-order valence-electron chi connectivity index (χ4n) is 1.51. The molecular formula is C11H11F2N3. The molecule has 2 N–H and O–H groups in total. The van der Waals surface area contributed by atoms with E-state index < -0.39 is 17.7 Å². The zero-order valence-electron chi connectivity index (χ0n) is 8.48. The van der Waals surface area contributed by atoms with E-state index in [0.717, 1.165) is 18.2 Å². The van der Waals surface area contributed by atoms with Crippen LogP contribution in [-0.4, -0.2) is 9.78 Å². The monoisotopic (exact) mass is 223 g/mol. The lowest BCUT2D eigenvalue weighted by atomic mass is 10.1. The Hall–Kier alpha value is -1.75. The summed E-state index contributed by atoms with van der Waals surface area (Å²) in [6.45, 7) is 0.313. The fraction of sp³-hybridized carbons (Fsp3) is 0.182. The molecule has 2 aromatic rings. The van der Waals surface area contributed by atoms with Gasteiger partial charge in [0.1, 0.15) is 11.6 Å². The van der Waals surface area contributed by atoms with Gasteiger partial charge in [0.05, 0.1) is 12.6 Å². The minimum atomic E-state index is -0.615. The average molecular weight is 223 g/mol. The fourth-order valence-corrected chi connectivity index (χ4v) is 1.51. The van der Waals surface area contributed by atoms with Gasteiger partial charge in [0.2, 0.25) is 0 Å². The Morgan fingerprint density at radius 2 is 2.19 bits per heavy atom. The number of nitrogens with two attached hydrogens (primary N) is 1. The van der Waals surface area contributed by atoms with E-state index >= 15 is 0 Å². The summed E-state index contributed by atoms with van der Waals surface area (Å²) in [6, 6.07) is 4.39. The van der Waals surface area contributed by atoms with Crippen molar-refractivity contribution in [1.29, 1.82) is 0 Å². The quantitative estimate of drug-likeness (QED) is 0.863. The molecule has 0 aliphatic rings. The Bertz CT molecular complexity index is 468. The Balaban J connectivity index is 2.20. The molecule has 1 heterocycles. The number of hydrogen-bond acceptors (Lipinski definition) is 2. The lowest BCUT2D eigenvalue weighted by Crippen LogP contribution is -2.19. The molecule has 84 valence electrons. The Kier molecular flexibility index (Phi) is 2.96. The van der Waals surface area contributed by atoms with Crippen molar-refractivity contribution in [2.45, 2.75) is 12.6 Å². The number of rotatable bonds is 3. The summed E-state index contributed by atoms with van der Waals surface area (Å²) in [6.07, 6.45) is 3.33. The van der Waals surface area contributed by atoms with Crippen molar-refractivity contribution < 1.29 is 8.78 Å². The molecule has 0 saturated carbocycles. The van der Waals surface area contributed by atoms with E-state index in [9.17, 15) is 8.78 Å². The first kappa shape index (κ1) is 10.8. The number of aromatic nitrogens is 2. The second kappa shape index (κ2) is 4.40. The number of halogens is 2. The number of nitrogens with zero attached hydrogens (tertiary/aromatic N) is 2. The zero-order chi connectivity index (χ0) is 11.5. The van der Waals surface area contributed by atoms with Gasteiger partial charge in [0, 0.05) is 18.0 Å². The Labute approximate surface area is 91.5 Å². The van der Waals surface area contributed by atoms with Crippen LogP contribution in [0.15, 0.2) is 36.7 Å². The lowest BCUT2D eigenvalue weighted by molar-refractivity contribution is 0.496. The van der Waals surface area contributed by atoms with Gasteiger partial charge in [-0.3, -0.25) is 4.68 Å². The van der Waals surface area contributed by atoms with Gasteiger partial charge in [-0.25, -0.2) is 8.78 Å². The molecule has 3 nitrogen and oxygen atoms in total. The molecule has 16 heavy (non-hydrogen) atoms. The van der Waals surface area contributed by atoms with Crippen LogP contribution in [0.4, 0.5) is 8.78 Å². The third-order valence-corrected chi connectivity index (χ3v) is 2.30. The van der Waals surface area contributed by atoms with Gasteiger partial charge in [-0.05, 0) is 24.3 Å². The predicted octanol–water partition coefficient (Wildman–Crippen LogP) is 1.86. The maximum Gasteiger partial charge on any atom is 0.128 e. The summed E-state index contributed by atoms with van der Waals surface area (Å²) in [5, 5.41) is 3.95. The van der Waals surface area contributed by atoms with Gasteiger partial charge in [-0.15, -0.1) is 0 Å². The van der Waals surface area contributed by atoms with Crippen LogP contribution in [0.25, 0.3) is 0 Å². The SMILES string of the molecule is NC(Cn1cccn1)c1cc(F)ccc1F. The molecular weight excluding hydrogens is 212 g/mol. The van der Waals surface area contributed by atoms with E-state index in [1.807, 2.05) is 0 Å². The van der Waals surface area contributed by atoms with Crippen molar-refractivity contribution in [3.05, 3.63) is 53.9 Å². The van der Waals surface area contributed by atoms with Gasteiger partial charge in [0.25, 0.3) is 0 Å². The third kappa shape index (κ3) is 2.25. The van der Waals surface area contributed by atoms with Crippen molar-refractivity contribution in [2.75, 3.05) is 0 Å². The van der Waals surface area contributed by atoms with Crippen LogP contribution in [0.5, 0.6) is 0 Å². The van der Waals surface area contributed by atoms with Crippen LogP contribution in [0.3, 0.4) is 0 Å².